The van der Waals surface area contributed by atoms with E-state index in [0.717, 1.165) is 30.1 Å². The second-order valence-electron chi connectivity index (χ2n) is 4.81. The number of hydrogen-bond donors (Lipinski definition) is 1. The van der Waals surface area contributed by atoms with E-state index in [-0.39, 0.29) is 12.6 Å². The lowest BCUT2D eigenvalue weighted by Crippen LogP contribution is -2.35. The van der Waals surface area contributed by atoms with Crippen LogP contribution in [0.3, 0.4) is 0 Å². The van der Waals surface area contributed by atoms with Gasteiger partial charge in [0.1, 0.15) is 0 Å². The Balaban J connectivity index is 1.86. The second kappa shape index (κ2) is 5.63. The van der Waals surface area contributed by atoms with Crippen molar-refractivity contribution in [3.63, 3.8) is 0 Å². The van der Waals surface area contributed by atoms with Crippen LogP contribution in [0, 0.1) is 0 Å². The third kappa shape index (κ3) is 2.56. The number of fused-ring (bicyclic) bond motifs is 1. The van der Waals surface area contributed by atoms with Crippen molar-refractivity contribution >= 4 is 22.9 Å². The summed E-state index contributed by atoms with van der Waals surface area (Å²) in [6.45, 7) is 1.97. The van der Waals surface area contributed by atoms with Crippen LogP contribution in [0.15, 0.2) is 35.7 Å². The molecule has 100 valence electrons. The molecule has 3 rings (SSSR count). The lowest BCUT2D eigenvalue weighted by Gasteiger charge is -2.34. The minimum absolute atomic E-state index is 0.0123. The molecule has 0 fully saturated rings. The van der Waals surface area contributed by atoms with Gasteiger partial charge in [0.15, 0.2) is 0 Å². The smallest absolute Gasteiger partial charge is 0.0629 e. The van der Waals surface area contributed by atoms with Gasteiger partial charge in [0.25, 0.3) is 0 Å². The van der Waals surface area contributed by atoms with E-state index in [2.05, 4.69) is 16.3 Å². The molecular weight excluding hydrogens is 278 g/mol. The molecule has 1 aliphatic heterocycles. The summed E-state index contributed by atoms with van der Waals surface area (Å²) in [4.78, 5) is 3.79. The number of rotatable bonds is 3. The molecule has 19 heavy (non-hydrogen) atoms. The predicted octanol–water partition coefficient (Wildman–Crippen LogP) is 3.49. The van der Waals surface area contributed by atoms with Crippen molar-refractivity contribution in [2.45, 2.75) is 19.0 Å². The first kappa shape index (κ1) is 13.1. The third-order valence-electron chi connectivity index (χ3n) is 3.72. The number of halogens is 1. The molecule has 0 saturated carbocycles. The van der Waals surface area contributed by atoms with Gasteiger partial charge >= 0.3 is 0 Å². The van der Waals surface area contributed by atoms with Crippen LogP contribution in [0.2, 0.25) is 5.02 Å². The standard InChI is InChI=1S/C15H16ClNOS/c16-13-4-2-1-3-12(13)14(10-18)17-7-5-15-11(9-17)6-8-19-15/h1-4,6,8,14,18H,5,7,9-10H2/t14-/m1/s1. The summed E-state index contributed by atoms with van der Waals surface area (Å²) in [5.41, 5.74) is 2.41. The molecule has 1 aliphatic rings. The first-order valence-electron chi connectivity index (χ1n) is 6.44. The molecule has 0 saturated heterocycles. The first-order chi connectivity index (χ1) is 9.29. The fourth-order valence-electron chi connectivity index (χ4n) is 2.69. The topological polar surface area (TPSA) is 23.5 Å². The van der Waals surface area contributed by atoms with E-state index >= 15 is 0 Å². The van der Waals surface area contributed by atoms with Gasteiger partial charge in [-0.1, -0.05) is 29.8 Å². The van der Waals surface area contributed by atoms with Gasteiger partial charge in [0, 0.05) is 23.0 Å². The van der Waals surface area contributed by atoms with Crippen LogP contribution < -0.4 is 0 Å². The molecule has 0 amide bonds. The zero-order valence-electron chi connectivity index (χ0n) is 10.6. The summed E-state index contributed by atoms with van der Waals surface area (Å²) in [6, 6.07) is 9.97. The molecule has 0 radical (unpaired) electrons. The van der Waals surface area contributed by atoms with E-state index in [1.54, 1.807) is 0 Å². The number of benzene rings is 1. The largest absolute Gasteiger partial charge is 0.394 e. The van der Waals surface area contributed by atoms with Crippen LogP contribution in [0.25, 0.3) is 0 Å². The van der Waals surface area contributed by atoms with Gasteiger partial charge < -0.3 is 5.11 Å². The van der Waals surface area contributed by atoms with Crippen LogP contribution >= 0.6 is 22.9 Å². The number of aliphatic hydroxyl groups is 1. The monoisotopic (exact) mass is 293 g/mol. The molecule has 2 nitrogen and oxygen atoms in total. The van der Waals surface area contributed by atoms with Crippen molar-refractivity contribution in [1.82, 2.24) is 4.90 Å². The second-order valence-corrected chi connectivity index (χ2v) is 6.22. The van der Waals surface area contributed by atoms with Crippen LogP contribution in [-0.2, 0) is 13.0 Å². The Labute approximate surface area is 122 Å². The van der Waals surface area contributed by atoms with Crippen molar-refractivity contribution in [2.24, 2.45) is 0 Å². The van der Waals surface area contributed by atoms with Crippen molar-refractivity contribution in [3.05, 3.63) is 56.7 Å². The summed E-state index contributed by atoms with van der Waals surface area (Å²) < 4.78 is 0. The summed E-state index contributed by atoms with van der Waals surface area (Å²) in [6.07, 6.45) is 1.06. The molecule has 1 N–H and O–H groups in total. The molecule has 0 bridgehead atoms. The molecule has 0 aliphatic carbocycles. The predicted molar refractivity (Wildman–Crippen MR) is 79.7 cm³/mol. The molecule has 1 atom stereocenters. The zero-order valence-corrected chi connectivity index (χ0v) is 12.1. The van der Waals surface area contributed by atoms with E-state index in [4.69, 9.17) is 11.6 Å². The van der Waals surface area contributed by atoms with Crippen LogP contribution in [0.5, 0.6) is 0 Å². The maximum Gasteiger partial charge on any atom is 0.0629 e. The van der Waals surface area contributed by atoms with Gasteiger partial charge in [0.2, 0.25) is 0 Å². The van der Waals surface area contributed by atoms with Gasteiger partial charge in [-0.2, -0.15) is 0 Å². The number of nitrogens with zero attached hydrogens (tertiary/aromatic N) is 1. The molecule has 2 aromatic rings. The highest BCUT2D eigenvalue weighted by Crippen LogP contribution is 2.32. The first-order valence-corrected chi connectivity index (χ1v) is 7.70. The Kier molecular flexibility index (Phi) is 3.89. The highest BCUT2D eigenvalue weighted by Gasteiger charge is 2.26. The van der Waals surface area contributed by atoms with E-state index < -0.39 is 0 Å². The fourth-order valence-corrected chi connectivity index (χ4v) is 3.84. The van der Waals surface area contributed by atoms with Gasteiger partial charge in [-0.3, -0.25) is 4.90 Å². The highest BCUT2D eigenvalue weighted by atomic mass is 35.5. The van der Waals surface area contributed by atoms with Crippen molar-refractivity contribution < 1.29 is 5.11 Å². The Morgan fingerprint density at radius 2 is 2.16 bits per heavy atom. The van der Waals surface area contributed by atoms with Gasteiger partial charge in [-0.25, -0.2) is 0 Å². The molecule has 1 aromatic carbocycles. The molecular formula is C15H16ClNOS. The summed E-state index contributed by atoms with van der Waals surface area (Å²) >= 11 is 8.09. The average Bonchev–Trinajstić information content (AvgIpc) is 2.89. The molecule has 0 spiro atoms. The van der Waals surface area contributed by atoms with Crippen molar-refractivity contribution in [3.8, 4) is 0 Å². The van der Waals surface area contributed by atoms with E-state index in [9.17, 15) is 5.11 Å². The lowest BCUT2D eigenvalue weighted by atomic mass is 10.0. The van der Waals surface area contributed by atoms with Crippen LogP contribution in [0.1, 0.15) is 22.0 Å². The molecule has 0 unspecified atom stereocenters. The number of hydrogen-bond acceptors (Lipinski definition) is 3. The van der Waals surface area contributed by atoms with Crippen molar-refractivity contribution in [1.29, 1.82) is 0 Å². The summed E-state index contributed by atoms with van der Waals surface area (Å²) in [5.74, 6) is 0. The quantitative estimate of drug-likeness (QED) is 0.936. The van der Waals surface area contributed by atoms with E-state index in [0.29, 0.717) is 0 Å². The maximum absolute atomic E-state index is 9.76. The minimum atomic E-state index is -0.0123. The lowest BCUT2D eigenvalue weighted by molar-refractivity contribution is 0.112. The third-order valence-corrected chi connectivity index (χ3v) is 5.08. The Bertz CT molecular complexity index is 569. The number of thiophene rings is 1. The van der Waals surface area contributed by atoms with Crippen LogP contribution in [-0.4, -0.2) is 23.2 Å². The molecule has 2 heterocycles. The Morgan fingerprint density at radius 1 is 1.32 bits per heavy atom. The fraction of sp³-hybridized carbons (Fsp3) is 0.333. The zero-order chi connectivity index (χ0) is 13.2. The highest BCUT2D eigenvalue weighted by molar-refractivity contribution is 7.10. The van der Waals surface area contributed by atoms with E-state index in [1.807, 2.05) is 35.6 Å². The van der Waals surface area contributed by atoms with Gasteiger partial charge in [0.05, 0.1) is 12.6 Å². The van der Waals surface area contributed by atoms with Gasteiger partial charge in [-0.15, -0.1) is 11.3 Å². The van der Waals surface area contributed by atoms with Gasteiger partial charge in [-0.05, 0) is 35.1 Å². The molecule has 4 heteroatoms. The Hall–Kier alpha value is -0.870. The maximum atomic E-state index is 9.76. The normalized spacial score (nSPS) is 17.2. The van der Waals surface area contributed by atoms with Crippen LogP contribution in [0.4, 0.5) is 0 Å². The van der Waals surface area contributed by atoms with Crippen molar-refractivity contribution in [2.75, 3.05) is 13.2 Å². The minimum Gasteiger partial charge on any atom is -0.394 e. The average molecular weight is 294 g/mol. The van der Waals surface area contributed by atoms with E-state index in [1.165, 1.54) is 10.4 Å². The SMILES string of the molecule is OC[C@H](c1ccccc1Cl)N1CCc2sccc2C1. The number of aliphatic hydroxyl groups excluding tert-OH is 1. The Morgan fingerprint density at radius 3 is 2.95 bits per heavy atom. The molecule has 1 aromatic heterocycles. The summed E-state index contributed by atoms with van der Waals surface area (Å²) in [7, 11) is 0. The summed E-state index contributed by atoms with van der Waals surface area (Å²) in [5, 5.41) is 12.6.